The third-order valence-electron chi connectivity index (χ3n) is 9.26. The van der Waals surface area contributed by atoms with Crippen LogP contribution in [-0.2, 0) is 18.4 Å². The van der Waals surface area contributed by atoms with Crippen molar-refractivity contribution in [1.29, 1.82) is 0 Å². The van der Waals surface area contributed by atoms with E-state index in [-0.39, 0.29) is 5.41 Å². The van der Waals surface area contributed by atoms with Gasteiger partial charge in [-0.1, -0.05) is 171 Å². The molecule has 1 heterocycles. The summed E-state index contributed by atoms with van der Waals surface area (Å²) in [6.07, 6.45) is 28.1. The van der Waals surface area contributed by atoms with Gasteiger partial charge in [0.2, 0.25) is 0 Å². The van der Waals surface area contributed by atoms with Gasteiger partial charge >= 0.3 is 0 Å². The normalized spacial score (nSPS) is 13.8. The Bertz CT molecular complexity index is 1010. The predicted octanol–water partition coefficient (Wildman–Crippen LogP) is 10.9. The van der Waals surface area contributed by atoms with Crippen LogP contribution >= 0.6 is 0 Å². The van der Waals surface area contributed by atoms with Crippen molar-refractivity contribution in [1.82, 2.24) is 4.98 Å². The molecule has 1 N–H and O–H groups in total. The predicted molar refractivity (Wildman–Crippen MR) is 173 cm³/mol. The zero-order valence-electron chi connectivity index (χ0n) is 26.2. The highest BCUT2D eigenvalue weighted by atomic mass is 15.1. The average Bonchev–Trinajstić information content (AvgIpc) is 3.46. The number of unbranched alkanes of at least 4 members (excludes halogenated alkanes) is 15. The van der Waals surface area contributed by atoms with Gasteiger partial charge in [0, 0.05) is 5.41 Å². The molecule has 2 atom stereocenters. The topological polar surface area (TPSA) is 19.7 Å². The third-order valence-corrected chi connectivity index (χ3v) is 9.26. The number of aromatic amines is 1. The fourth-order valence-corrected chi connectivity index (χ4v) is 6.42. The first-order valence-corrected chi connectivity index (χ1v) is 16.8. The molecular formula is C38H59N2+. The summed E-state index contributed by atoms with van der Waals surface area (Å²) in [6, 6.07) is 22.1. The van der Waals surface area contributed by atoms with Crippen LogP contribution in [0.1, 0.15) is 146 Å². The molecule has 0 radical (unpaired) electrons. The summed E-state index contributed by atoms with van der Waals surface area (Å²) >= 11 is 0. The van der Waals surface area contributed by atoms with E-state index in [4.69, 9.17) is 0 Å². The van der Waals surface area contributed by atoms with Gasteiger partial charge in [-0.25, -0.2) is 9.55 Å². The van der Waals surface area contributed by atoms with Crippen LogP contribution in [0.15, 0.2) is 73.1 Å². The molecule has 0 aliphatic heterocycles. The summed E-state index contributed by atoms with van der Waals surface area (Å²) in [7, 11) is 0. The number of nitrogens with zero attached hydrogens (tertiary/aromatic N) is 1. The van der Waals surface area contributed by atoms with Gasteiger partial charge in [0.05, 0.1) is 12.5 Å². The van der Waals surface area contributed by atoms with Crippen molar-refractivity contribution < 1.29 is 4.57 Å². The number of hydrogen-bond acceptors (Lipinski definition) is 0. The van der Waals surface area contributed by atoms with Crippen molar-refractivity contribution in [3.05, 3.63) is 90.0 Å². The molecule has 0 spiro atoms. The third kappa shape index (κ3) is 10.9. The average molecular weight is 544 g/mol. The Labute approximate surface area is 247 Å². The molecule has 0 saturated heterocycles. The highest BCUT2D eigenvalue weighted by molar-refractivity contribution is 5.32. The second-order valence-corrected chi connectivity index (χ2v) is 12.5. The fourth-order valence-electron chi connectivity index (χ4n) is 6.42. The van der Waals surface area contributed by atoms with Crippen molar-refractivity contribution >= 4 is 0 Å². The van der Waals surface area contributed by atoms with Gasteiger partial charge in [0.1, 0.15) is 12.4 Å². The van der Waals surface area contributed by atoms with Crippen molar-refractivity contribution in [2.45, 2.75) is 148 Å². The lowest BCUT2D eigenvalue weighted by molar-refractivity contribution is -0.705. The Hall–Kier alpha value is -2.35. The number of H-pyrrole nitrogens is 1. The molecule has 3 rings (SSSR count). The van der Waals surface area contributed by atoms with E-state index in [1.807, 2.05) is 0 Å². The summed E-state index contributed by atoms with van der Waals surface area (Å²) in [5.41, 5.74) is 2.82. The van der Waals surface area contributed by atoms with Crippen LogP contribution in [0, 0.1) is 0 Å². The molecule has 2 aromatic carbocycles. The second kappa shape index (κ2) is 18.9. The minimum atomic E-state index is 0.00382. The van der Waals surface area contributed by atoms with E-state index in [2.05, 4.69) is 103 Å². The lowest BCUT2D eigenvalue weighted by Gasteiger charge is -2.34. The molecule has 40 heavy (non-hydrogen) atoms. The lowest BCUT2D eigenvalue weighted by atomic mass is 9.68. The minimum Gasteiger partial charge on any atom is -0.247 e. The maximum Gasteiger partial charge on any atom is 0.257 e. The van der Waals surface area contributed by atoms with Crippen molar-refractivity contribution in [3.63, 3.8) is 0 Å². The second-order valence-electron chi connectivity index (χ2n) is 12.5. The first-order chi connectivity index (χ1) is 19.6. The summed E-state index contributed by atoms with van der Waals surface area (Å²) in [6.45, 7) is 8.26. The number of hydrogen-bond donors (Lipinski definition) is 1. The van der Waals surface area contributed by atoms with Gasteiger partial charge in [-0.15, -0.1) is 0 Å². The zero-order chi connectivity index (χ0) is 28.3. The van der Waals surface area contributed by atoms with Gasteiger partial charge in [-0.3, -0.25) is 0 Å². The Balaban J connectivity index is 1.36. The lowest BCUT2D eigenvalue weighted by Crippen LogP contribution is -2.42. The van der Waals surface area contributed by atoms with E-state index in [0.29, 0.717) is 5.92 Å². The van der Waals surface area contributed by atoms with Crippen LogP contribution in [0.4, 0.5) is 0 Å². The summed E-state index contributed by atoms with van der Waals surface area (Å²) in [5.74, 6) is 1.72. The van der Waals surface area contributed by atoms with Gasteiger partial charge < -0.3 is 0 Å². The maximum absolute atomic E-state index is 3.63. The number of aryl methyl sites for hydroxylation is 1. The van der Waals surface area contributed by atoms with Crippen LogP contribution in [0.2, 0.25) is 0 Å². The molecule has 3 aromatic rings. The van der Waals surface area contributed by atoms with Gasteiger partial charge in [0.15, 0.2) is 0 Å². The van der Waals surface area contributed by atoms with E-state index in [1.165, 1.54) is 120 Å². The molecule has 2 heteroatoms. The fraction of sp³-hybridized carbons (Fsp3) is 0.605. The van der Waals surface area contributed by atoms with E-state index >= 15 is 0 Å². The zero-order valence-corrected chi connectivity index (χ0v) is 26.2. The molecule has 0 amide bonds. The minimum absolute atomic E-state index is 0.00382. The molecule has 0 aliphatic carbocycles. The van der Waals surface area contributed by atoms with Crippen LogP contribution in [-0.4, -0.2) is 4.98 Å². The highest BCUT2D eigenvalue weighted by Crippen LogP contribution is 2.40. The molecule has 0 aliphatic rings. The van der Waals surface area contributed by atoms with Crippen molar-refractivity contribution in [3.8, 4) is 0 Å². The van der Waals surface area contributed by atoms with Crippen LogP contribution in [0.5, 0.6) is 0 Å². The summed E-state index contributed by atoms with van der Waals surface area (Å²) in [5, 5.41) is 0. The SMILES string of the molecule is CCCCCCCCCCCCCCCCCC[n+]1cc[nH]c1C(C)C(C)(Cc1ccccc1)c1ccccc1. The maximum atomic E-state index is 3.63. The van der Waals surface area contributed by atoms with Crippen LogP contribution in [0.3, 0.4) is 0 Å². The number of aromatic nitrogens is 2. The summed E-state index contributed by atoms with van der Waals surface area (Å²) < 4.78 is 2.49. The molecule has 0 saturated carbocycles. The Kier molecular flexibility index (Phi) is 15.2. The van der Waals surface area contributed by atoms with Gasteiger partial charge in [0.25, 0.3) is 5.82 Å². The molecule has 0 bridgehead atoms. The van der Waals surface area contributed by atoms with Crippen LogP contribution < -0.4 is 4.57 Å². The molecule has 1 aromatic heterocycles. The quantitative estimate of drug-likeness (QED) is 0.0960. The van der Waals surface area contributed by atoms with Crippen molar-refractivity contribution in [2.24, 2.45) is 0 Å². The van der Waals surface area contributed by atoms with E-state index in [1.54, 1.807) is 0 Å². The highest BCUT2D eigenvalue weighted by Gasteiger charge is 2.39. The standard InChI is InChI=1S/C38H58N2/c1-4-5-6-7-8-9-10-11-12-13-14-15-16-17-18-25-31-40-32-30-39-37(40)34(2)38(3,36-28-23-20-24-29-36)33-35-26-21-19-22-27-35/h19-24,26-30,32,34H,4-18,25,31,33H2,1-3H3/p+1. The van der Waals surface area contributed by atoms with Crippen molar-refractivity contribution in [2.75, 3.05) is 0 Å². The molecule has 220 valence electrons. The molecular weight excluding hydrogens is 484 g/mol. The summed E-state index contributed by atoms with van der Waals surface area (Å²) in [4.78, 5) is 3.63. The van der Waals surface area contributed by atoms with Crippen LogP contribution in [0.25, 0.3) is 0 Å². The Morgan fingerprint density at radius 1 is 0.650 bits per heavy atom. The number of rotatable bonds is 22. The van der Waals surface area contributed by atoms with E-state index in [9.17, 15) is 0 Å². The van der Waals surface area contributed by atoms with Gasteiger partial charge in [-0.2, -0.15) is 0 Å². The Morgan fingerprint density at radius 3 is 1.65 bits per heavy atom. The number of benzene rings is 2. The number of imidazole rings is 1. The smallest absolute Gasteiger partial charge is 0.247 e. The first kappa shape index (κ1) is 32.2. The molecule has 0 fully saturated rings. The first-order valence-electron chi connectivity index (χ1n) is 16.8. The van der Waals surface area contributed by atoms with E-state index < -0.39 is 0 Å². The van der Waals surface area contributed by atoms with Gasteiger partial charge in [-0.05, 0) is 30.4 Å². The largest absolute Gasteiger partial charge is 0.257 e. The molecule has 2 unspecified atom stereocenters. The Morgan fingerprint density at radius 2 is 1.12 bits per heavy atom. The number of nitrogens with one attached hydrogen (secondary N) is 1. The monoisotopic (exact) mass is 543 g/mol. The van der Waals surface area contributed by atoms with E-state index in [0.717, 1.165) is 13.0 Å². The molecule has 2 nitrogen and oxygen atoms in total.